The molecule has 0 radical (unpaired) electrons. The second kappa shape index (κ2) is 40.9. The van der Waals surface area contributed by atoms with E-state index in [0.717, 1.165) is 38.5 Å². The van der Waals surface area contributed by atoms with Gasteiger partial charge in [0.2, 0.25) is 0 Å². The third-order valence-corrected chi connectivity index (χ3v) is 7.27. The average molecular weight is 617 g/mol. The smallest absolute Gasteiger partial charge is 0.305 e. The third-order valence-electron chi connectivity index (χ3n) is 7.27. The van der Waals surface area contributed by atoms with Gasteiger partial charge in [-0.25, -0.2) is 0 Å². The number of carbonyl (C=O) groups excluding carboxylic acids is 2. The summed E-state index contributed by atoms with van der Waals surface area (Å²) in [6.45, 7) is 9.19. The Balaban J connectivity index is 0. The molecule has 44 heavy (non-hydrogen) atoms. The maximum absolute atomic E-state index is 11.1. The third kappa shape index (κ3) is 42.0. The van der Waals surface area contributed by atoms with Crippen molar-refractivity contribution in [1.29, 1.82) is 0 Å². The Kier molecular flexibility index (Phi) is 40.9. The molecule has 0 rings (SSSR count). The molecule has 0 aromatic heterocycles. The summed E-state index contributed by atoms with van der Waals surface area (Å²) in [4.78, 5) is 22.3. The first-order valence-electron chi connectivity index (χ1n) is 18.5. The normalized spacial score (nSPS) is 11.5. The molecule has 4 nitrogen and oxygen atoms in total. The fraction of sp³-hybridized carbons (Fsp3) is 0.750. The highest BCUT2D eigenvalue weighted by atomic mass is 16.5. The molecule has 0 heterocycles. The van der Waals surface area contributed by atoms with Crippen molar-refractivity contribution in [1.82, 2.24) is 0 Å². The largest absolute Gasteiger partial charge is 0.466 e. The van der Waals surface area contributed by atoms with Crippen LogP contribution in [0.3, 0.4) is 0 Å². The van der Waals surface area contributed by atoms with Crippen LogP contribution in [0.25, 0.3) is 0 Å². The van der Waals surface area contributed by atoms with Crippen molar-refractivity contribution in [2.24, 2.45) is 0 Å². The number of hydrogen-bond donors (Lipinski definition) is 0. The molecule has 0 saturated heterocycles. The van der Waals surface area contributed by atoms with Crippen LogP contribution >= 0.6 is 0 Å². The molecule has 4 heteroatoms. The van der Waals surface area contributed by atoms with Gasteiger partial charge in [-0.3, -0.25) is 9.59 Å². The molecule has 0 unspecified atom stereocenters. The van der Waals surface area contributed by atoms with Gasteiger partial charge in [0.05, 0.1) is 13.2 Å². The Labute approximate surface area is 274 Å². The van der Waals surface area contributed by atoms with E-state index >= 15 is 0 Å². The van der Waals surface area contributed by atoms with Gasteiger partial charge in [-0.2, -0.15) is 0 Å². The minimum Gasteiger partial charge on any atom is -0.466 e. The monoisotopic (exact) mass is 617 g/mol. The molecule has 0 amide bonds. The van der Waals surface area contributed by atoms with Crippen LogP contribution in [-0.2, 0) is 19.1 Å². The van der Waals surface area contributed by atoms with E-state index in [1.54, 1.807) is 0 Å². The molecule has 0 aliphatic rings. The highest BCUT2D eigenvalue weighted by molar-refractivity contribution is 5.69. The summed E-state index contributed by atoms with van der Waals surface area (Å²) in [6, 6.07) is 0. The summed E-state index contributed by atoms with van der Waals surface area (Å²) in [5.74, 6) is -0.0960. The van der Waals surface area contributed by atoms with E-state index in [1.165, 1.54) is 103 Å². The molecule has 0 N–H and O–H groups in total. The Morgan fingerprint density at radius 1 is 0.386 bits per heavy atom. The van der Waals surface area contributed by atoms with E-state index < -0.39 is 0 Å². The van der Waals surface area contributed by atoms with E-state index in [9.17, 15) is 9.59 Å². The molecule has 0 fully saturated rings. The number of esters is 2. The van der Waals surface area contributed by atoms with Gasteiger partial charge < -0.3 is 9.47 Å². The lowest BCUT2D eigenvalue weighted by molar-refractivity contribution is -0.144. The summed E-state index contributed by atoms with van der Waals surface area (Å²) in [5.41, 5.74) is 0. The predicted molar refractivity (Wildman–Crippen MR) is 192 cm³/mol. The highest BCUT2D eigenvalue weighted by Crippen LogP contribution is 2.10. The van der Waals surface area contributed by atoms with E-state index in [-0.39, 0.29) is 11.9 Å². The Morgan fingerprint density at radius 3 is 1.00 bits per heavy atom. The van der Waals surface area contributed by atoms with Gasteiger partial charge in [0, 0.05) is 12.8 Å². The molecule has 0 aromatic carbocycles. The molecule has 0 aliphatic heterocycles. The van der Waals surface area contributed by atoms with Gasteiger partial charge in [-0.15, -0.1) is 0 Å². The van der Waals surface area contributed by atoms with E-state index in [2.05, 4.69) is 62.5 Å². The zero-order valence-corrected chi connectivity index (χ0v) is 29.6. The van der Waals surface area contributed by atoms with E-state index in [4.69, 9.17) is 9.47 Å². The van der Waals surface area contributed by atoms with Gasteiger partial charge in [0.1, 0.15) is 0 Å². The Hall–Kier alpha value is -2.10. The zero-order chi connectivity index (χ0) is 32.6. The summed E-state index contributed by atoms with van der Waals surface area (Å²) in [5, 5.41) is 0. The topological polar surface area (TPSA) is 52.6 Å². The van der Waals surface area contributed by atoms with Crippen LogP contribution in [0.1, 0.15) is 182 Å². The van der Waals surface area contributed by atoms with Crippen molar-refractivity contribution in [3.05, 3.63) is 48.6 Å². The standard InChI is InChI=1S/2C20H36O2/c2*1-3-5-6-7-8-9-10-11-12-13-14-15-16-17-18-19-20(21)22-4-2/h2*8-9,11-12H,3-7,10,13-19H2,1-2H3. The summed E-state index contributed by atoms with van der Waals surface area (Å²) in [7, 11) is 0. The van der Waals surface area contributed by atoms with Crippen LogP contribution in [0.2, 0.25) is 0 Å². The maximum atomic E-state index is 11.1. The van der Waals surface area contributed by atoms with Gasteiger partial charge in [-0.1, -0.05) is 127 Å². The summed E-state index contributed by atoms with van der Waals surface area (Å²) >= 11 is 0. The zero-order valence-electron chi connectivity index (χ0n) is 29.6. The fourth-order valence-corrected chi connectivity index (χ4v) is 4.63. The second-order valence-corrected chi connectivity index (χ2v) is 11.6. The number of rotatable bonds is 30. The van der Waals surface area contributed by atoms with Crippen LogP contribution < -0.4 is 0 Å². The number of ether oxygens (including phenoxy) is 2. The van der Waals surface area contributed by atoms with Crippen molar-refractivity contribution in [3.63, 3.8) is 0 Å². The number of unbranched alkanes of at least 4 members (excludes halogenated alkanes) is 16. The van der Waals surface area contributed by atoms with Crippen molar-refractivity contribution < 1.29 is 19.1 Å². The first kappa shape index (κ1) is 44.0. The molecular formula is C40H72O4. The molecule has 0 atom stereocenters. The van der Waals surface area contributed by atoms with Gasteiger partial charge in [0.25, 0.3) is 0 Å². The molecule has 0 bridgehead atoms. The van der Waals surface area contributed by atoms with Gasteiger partial charge in [0.15, 0.2) is 0 Å². The summed E-state index contributed by atoms with van der Waals surface area (Å²) in [6.07, 6.45) is 46.1. The molecule has 0 saturated carbocycles. The van der Waals surface area contributed by atoms with Crippen LogP contribution in [0, 0.1) is 0 Å². The van der Waals surface area contributed by atoms with Crippen LogP contribution in [0.5, 0.6) is 0 Å². The number of hydrogen-bond acceptors (Lipinski definition) is 4. The first-order chi connectivity index (χ1) is 21.6. The lowest BCUT2D eigenvalue weighted by Gasteiger charge is -2.01. The van der Waals surface area contributed by atoms with Crippen molar-refractivity contribution in [2.75, 3.05) is 13.2 Å². The van der Waals surface area contributed by atoms with Crippen LogP contribution in [-0.4, -0.2) is 25.2 Å². The average Bonchev–Trinajstić information content (AvgIpc) is 3.01. The lowest BCUT2D eigenvalue weighted by atomic mass is 10.1. The van der Waals surface area contributed by atoms with E-state index in [1.807, 2.05) is 13.8 Å². The fourth-order valence-electron chi connectivity index (χ4n) is 4.63. The Bertz CT molecular complexity index is 644. The minimum absolute atomic E-state index is 0.0480. The number of allylic oxidation sites excluding steroid dienone is 8. The van der Waals surface area contributed by atoms with Crippen molar-refractivity contribution in [2.45, 2.75) is 182 Å². The van der Waals surface area contributed by atoms with Crippen molar-refractivity contribution in [3.8, 4) is 0 Å². The van der Waals surface area contributed by atoms with Gasteiger partial charge in [-0.05, 0) is 90.9 Å². The highest BCUT2D eigenvalue weighted by Gasteiger charge is 2.01. The Morgan fingerprint density at radius 2 is 0.682 bits per heavy atom. The maximum Gasteiger partial charge on any atom is 0.305 e. The second-order valence-electron chi connectivity index (χ2n) is 11.6. The molecule has 0 spiro atoms. The minimum atomic E-state index is -0.0480. The quantitative estimate of drug-likeness (QED) is 0.0457. The SMILES string of the molecule is CCCCCC=CCC=CCCCCCCCC(=O)OCC.CCCCCC=CCC=CCCCCCCCC(=O)OCC. The van der Waals surface area contributed by atoms with Crippen LogP contribution in [0.15, 0.2) is 48.6 Å². The molecular weight excluding hydrogens is 544 g/mol. The predicted octanol–water partition coefficient (Wildman–Crippen LogP) is 12.7. The lowest BCUT2D eigenvalue weighted by Crippen LogP contribution is -2.03. The molecule has 0 aliphatic carbocycles. The van der Waals surface area contributed by atoms with Gasteiger partial charge >= 0.3 is 11.9 Å². The van der Waals surface area contributed by atoms with Crippen LogP contribution in [0.4, 0.5) is 0 Å². The summed E-state index contributed by atoms with van der Waals surface area (Å²) < 4.78 is 9.81. The molecule has 256 valence electrons. The molecule has 0 aromatic rings. The first-order valence-corrected chi connectivity index (χ1v) is 18.5. The van der Waals surface area contributed by atoms with E-state index in [0.29, 0.717) is 26.1 Å². The van der Waals surface area contributed by atoms with Crippen molar-refractivity contribution >= 4 is 11.9 Å². The number of carbonyl (C=O) groups is 2.